The first kappa shape index (κ1) is 16.5. The molecule has 0 aromatic carbocycles. The first-order valence-electron chi connectivity index (χ1n) is 8.80. The fraction of sp³-hybridized carbons (Fsp3) is 0.700. The largest absolute Gasteiger partial charge is 0.362 e. The molecule has 0 aromatic heterocycles. The van der Waals surface area contributed by atoms with E-state index in [9.17, 15) is 9.59 Å². The van der Waals surface area contributed by atoms with Gasteiger partial charge in [-0.2, -0.15) is 0 Å². The van der Waals surface area contributed by atoms with E-state index in [-0.39, 0.29) is 34.2 Å². The van der Waals surface area contributed by atoms with Crippen molar-refractivity contribution < 1.29 is 9.59 Å². The van der Waals surface area contributed by atoms with E-state index in [2.05, 4.69) is 46.9 Å². The molecule has 0 saturated heterocycles. The lowest BCUT2D eigenvalue weighted by Gasteiger charge is -2.44. The van der Waals surface area contributed by atoms with Crippen molar-refractivity contribution in [2.75, 3.05) is 0 Å². The highest BCUT2D eigenvalue weighted by Crippen LogP contribution is 2.49. The monoisotopic (exact) mass is 315 g/mol. The highest BCUT2D eigenvalue weighted by Gasteiger charge is 2.46. The van der Waals surface area contributed by atoms with E-state index in [1.807, 2.05) is 0 Å². The van der Waals surface area contributed by atoms with Crippen molar-refractivity contribution in [1.29, 1.82) is 0 Å². The highest BCUT2D eigenvalue weighted by molar-refractivity contribution is 6.05. The molecule has 1 aliphatic heterocycles. The molecule has 0 unspecified atom stereocenters. The Morgan fingerprint density at radius 3 is 1.57 bits per heavy atom. The van der Waals surface area contributed by atoms with Gasteiger partial charge < -0.3 is 5.32 Å². The Balaban J connectivity index is 2.11. The van der Waals surface area contributed by atoms with Crippen LogP contribution in [0.25, 0.3) is 0 Å². The third kappa shape index (κ3) is 2.79. The number of ketones is 2. The molecule has 0 saturated carbocycles. The van der Waals surface area contributed by atoms with Crippen LogP contribution in [0.3, 0.4) is 0 Å². The number of carbonyl (C=O) groups is 2. The zero-order valence-corrected chi connectivity index (χ0v) is 15.3. The molecule has 0 radical (unpaired) electrons. The number of dihydropyridines is 1. The first-order valence-corrected chi connectivity index (χ1v) is 8.80. The van der Waals surface area contributed by atoms with E-state index >= 15 is 0 Å². The molecule has 0 fully saturated rings. The van der Waals surface area contributed by atoms with Crippen LogP contribution in [0.4, 0.5) is 0 Å². The summed E-state index contributed by atoms with van der Waals surface area (Å²) < 4.78 is 0. The summed E-state index contributed by atoms with van der Waals surface area (Å²) >= 11 is 0. The van der Waals surface area contributed by atoms with Gasteiger partial charge in [-0.15, -0.1) is 0 Å². The molecule has 126 valence electrons. The number of Topliss-reactive ketones (excluding diaryl/α,β-unsaturated/α-hetero) is 2. The smallest absolute Gasteiger partial charge is 0.161 e. The summed E-state index contributed by atoms with van der Waals surface area (Å²) in [6, 6.07) is 0. The second kappa shape index (κ2) is 5.06. The van der Waals surface area contributed by atoms with E-state index < -0.39 is 0 Å². The van der Waals surface area contributed by atoms with Gasteiger partial charge in [-0.3, -0.25) is 9.59 Å². The molecule has 0 aromatic rings. The van der Waals surface area contributed by atoms with Crippen LogP contribution in [0.2, 0.25) is 0 Å². The van der Waals surface area contributed by atoms with Crippen molar-refractivity contribution >= 4 is 11.6 Å². The van der Waals surface area contributed by atoms with Gasteiger partial charge >= 0.3 is 0 Å². The molecule has 3 heteroatoms. The zero-order valence-electron chi connectivity index (χ0n) is 15.3. The molecule has 3 aliphatic rings. The van der Waals surface area contributed by atoms with E-state index in [4.69, 9.17) is 0 Å². The van der Waals surface area contributed by atoms with Gasteiger partial charge in [0.05, 0.1) is 0 Å². The Kier molecular flexibility index (Phi) is 3.62. The fourth-order valence-corrected chi connectivity index (χ4v) is 4.61. The lowest BCUT2D eigenvalue weighted by atomic mass is 9.63. The van der Waals surface area contributed by atoms with Crippen molar-refractivity contribution in [2.45, 2.75) is 67.2 Å². The summed E-state index contributed by atoms with van der Waals surface area (Å²) in [6.45, 7) is 12.9. The van der Waals surface area contributed by atoms with E-state index in [1.54, 1.807) is 0 Å². The van der Waals surface area contributed by atoms with Gasteiger partial charge in [-0.1, -0.05) is 41.5 Å². The Bertz CT molecular complexity index is 595. The number of hydrogen-bond acceptors (Lipinski definition) is 3. The van der Waals surface area contributed by atoms with Crippen LogP contribution in [-0.4, -0.2) is 11.6 Å². The van der Waals surface area contributed by atoms with Crippen LogP contribution in [-0.2, 0) is 9.59 Å². The fourth-order valence-electron chi connectivity index (χ4n) is 4.61. The lowest BCUT2D eigenvalue weighted by Crippen LogP contribution is -2.44. The Morgan fingerprint density at radius 1 is 0.826 bits per heavy atom. The minimum absolute atomic E-state index is 0.00327. The zero-order chi connectivity index (χ0) is 17.2. The number of hydrogen-bond donors (Lipinski definition) is 1. The van der Waals surface area contributed by atoms with Crippen molar-refractivity contribution in [3.8, 4) is 0 Å². The third-order valence-electron chi connectivity index (χ3n) is 5.43. The standard InChI is InChI=1S/C20H29NO2/c1-11(2)16-17-12(7-19(3,4)9-14(17)22)21-13-8-20(5,6)10-15(23)18(13)16/h11,16,21H,7-10H2,1-6H3. The van der Waals surface area contributed by atoms with Gasteiger partial charge in [-0.25, -0.2) is 0 Å². The number of nitrogens with one attached hydrogen (secondary N) is 1. The van der Waals surface area contributed by atoms with Gasteiger partial charge in [0.1, 0.15) is 0 Å². The van der Waals surface area contributed by atoms with Crippen LogP contribution in [0.1, 0.15) is 67.2 Å². The molecule has 2 aliphatic carbocycles. The second-order valence-corrected chi connectivity index (χ2v) is 9.51. The Hall–Kier alpha value is -1.38. The Morgan fingerprint density at radius 2 is 1.22 bits per heavy atom. The van der Waals surface area contributed by atoms with Gasteiger partial charge in [0.15, 0.2) is 11.6 Å². The summed E-state index contributed by atoms with van der Waals surface area (Å²) in [4.78, 5) is 25.7. The van der Waals surface area contributed by atoms with Crippen molar-refractivity contribution in [3.63, 3.8) is 0 Å². The summed E-state index contributed by atoms with van der Waals surface area (Å²) in [7, 11) is 0. The highest BCUT2D eigenvalue weighted by atomic mass is 16.1. The van der Waals surface area contributed by atoms with Gasteiger partial charge in [0.25, 0.3) is 0 Å². The molecular formula is C20H29NO2. The molecular weight excluding hydrogens is 286 g/mol. The predicted molar refractivity (Wildman–Crippen MR) is 91.6 cm³/mol. The minimum Gasteiger partial charge on any atom is -0.362 e. The van der Waals surface area contributed by atoms with Gasteiger partial charge in [0.2, 0.25) is 0 Å². The molecule has 3 nitrogen and oxygen atoms in total. The summed E-state index contributed by atoms with van der Waals surface area (Å²) in [5, 5.41) is 3.53. The maximum atomic E-state index is 12.8. The molecule has 0 atom stereocenters. The van der Waals surface area contributed by atoms with Crippen LogP contribution in [0.5, 0.6) is 0 Å². The van der Waals surface area contributed by atoms with Crippen LogP contribution in [0, 0.1) is 22.7 Å². The molecule has 1 N–H and O–H groups in total. The average Bonchev–Trinajstić information content (AvgIpc) is 2.32. The topological polar surface area (TPSA) is 46.2 Å². The van der Waals surface area contributed by atoms with Crippen LogP contribution < -0.4 is 5.32 Å². The van der Waals surface area contributed by atoms with E-state index in [1.165, 1.54) is 0 Å². The van der Waals surface area contributed by atoms with Crippen LogP contribution >= 0.6 is 0 Å². The predicted octanol–water partition coefficient (Wildman–Crippen LogP) is 4.15. The number of carbonyl (C=O) groups excluding carboxylic acids is 2. The first-order chi connectivity index (χ1) is 10.5. The molecule has 1 heterocycles. The average molecular weight is 315 g/mol. The van der Waals surface area contributed by atoms with Gasteiger partial charge in [0, 0.05) is 41.3 Å². The number of allylic oxidation sites excluding steroid dienone is 4. The molecule has 0 spiro atoms. The van der Waals surface area contributed by atoms with Crippen molar-refractivity contribution in [1.82, 2.24) is 5.32 Å². The van der Waals surface area contributed by atoms with Crippen molar-refractivity contribution in [3.05, 3.63) is 22.5 Å². The number of rotatable bonds is 1. The summed E-state index contributed by atoms with van der Waals surface area (Å²) in [6.07, 6.45) is 2.95. The molecule has 3 rings (SSSR count). The summed E-state index contributed by atoms with van der Waals surface area (Å²) in [5.74, 6) is 0.703. The maximum absolute atomic E-state index is 12.8. The molecule has 0 amide bonds. The molecule has 0 bridgehead atoms. The van der Waals surface area contributed by atoms with Crippen molar-refractivity contribution in [2.24, 2.45) is 22.7 Å². The quantitative estimate of drug-likeness (QED) is 0.790. The third-order valence-corrected chi connectivity index (χ3v) is 5.43. The Labute approximate surface area is 139 Å². The van der Waals surface area contributed by atoms with E-state index in [0.29, 0.717) is 12.8 Å². The normalized spacial score (nSPS) is 27.1. The second-order valence-electron chi connectivity index (χ2n) is 9.51. The summed E-state index contributed by atoms with van der Waals surface area (Å²) in [5.41, 5.74) is 3.94. The van der Waals surface area contributed by atoms with Crippen LogP contribution in [0.15, 0.2) is 22.5 Å². The molecule has 23 heavy (non-hydrogen) atoms. The van der Waals surface area contributed by atoms with Gasteiger partial charge in [-0.05, 0) is 29.6 Å². The lowest BCUT2D eigenvalue weighted by molar-refractivity contribution is -0.119. The maximum Gasteiger partial charge on any atom is 0.161 e. The minimum atomic E-state index is -0.0200. The van der Waals surface area contributed by atoms with E-state index in [0.717, 1.165) is 35.4 Å². The SMILES string of the molecule is CC(C)C1C2=C(CC(C)(C)CC2=O)NC2=C1C(=O)CC(C)(C)C2.